The first kappa shape index (κ1) is 35.2. The van der Waals surface area contributed by atoms with E-state index in [2.05, 4.69) is 175 Å². The fourth-order valence-electron chi connectivity index (χ4n) is 9.87. The van der Waals surface area contributed by atoms with E-state index >= 15 is 0 Å². The van der Waals surface area contributed by atoms with Gasteiger partial charge in [0, 0.05) is 59.4 Å². The van der Waals surface area contributed by atoms with Crippen molar-refractivity contribution in [3.63, 3.8) is 0 Å². The van der Waals surface area contributed by atoms with Gasteiger partial charge in [-0.3, -0.25) is 4.57 Å². The second kappa shape index (κ2) is 12.4. The first-order valence-corrected chi connectivity index (χ1v) is 20.6. The van der Waals surface area contributed by atoms with Gasteiger partial charge in [-0.15, -0.1) is 0 Å². The van der Waals surface area contributed by atoms with Crippen molar-refractivity contribution >= 4 is 44.6 Å². The molecule has 282 valence electrons. The van der Waals surface area contributed by atoms with Crippen molar-refractivity contribution in [3.05, 3.63) is 150 Å². The third-order valence-electron chi connectivity index (χ3n) is 13.0. The Kier molecular flexibility index (Phi) is 7.78. The highest BCUT2D eigenvalue weighted by atomic mass is 16.5. The van der Waals surface area contributed by atoms with Crippen molar-refractivity contribution in [3.8, 4) is 17.3 Å². The number of para-hydroxylation sites is 3. The lowest BCUT2D eigenvalue weighted by Crippen LogP contribution is -2.46. The van der Waals surface area contributed by atoms with Crippen LogP contribution in [0.2, 0.25) is 0 Å². The number of hydrogen-bond acceptors (Lipinski definition) is 2. The molecule has 0 radical (unpaired) electrons. The summed E-state index contributed by atoms with van der Waals surface area (Å²) < 4.78 is 10.6. The molecule has 5 aromatic carbocycles. The summed E-state index contributed by atoms with van der Waals surface area (Å²) in [6.45, 7) is 18.5. The molecular weight excluding hydrogens is 685 g/mol. The number of quaternary nitrogens is 2. The van der Waals surface area contributed by atoms with Gasteiger partial charge in [-0.25, -0.2) is 4.98 Å². The second-order valence-electron chi connectivity index (χ2n) is 18.6. The van der Waals surface area contributed by atoms with Gasteiger partial charge < -0.3 is 4.74 Å². The standard InChI is InChI=1S/C51H53N4O/c1-34-27-38(21-23-42(34)35-15-9-8-10-16-35)54-33-55(54,48-20-14-13-19-47(48)54)39-28-37(51(5,6)7)29-41(31-39)56-40-22-24-44-43-17-11-12-18-45(43)53(46(44)32-40)49-30-36(25-26-52-49)50(2,3)4/h11-14,17-33,35H,8-10,15-16H2,1-7H3/q+1/t54-,55?/m0/s1. The van der Waals surface area contributed by atoms with Crippen LogP contribution in [0.25, 0.3) is 27.6 Å². The Morgan fingerprint density at radius 1 is 0.625 bits per heavy atom. The maximum absolute atomic E-state index is 6.97. The van der Waals surface area contributed by atoms with Crippen LogP contribution in [0.15, 0.2) is 121 Å². The van der Waals surface area contributed by atoms with Crippen LogP contribution in [0.1, 0.15) is 102 Å². The Bertz CT molecular complexity index is 2690. The van der Waals surface area contributed by atoms with E-state index < -0.39 is 0 Å². The molecule has 2 aromatic heterocycles. The van der Waals surface area contributed by atoms with E-state index in [4.69, 9.17) is 9.72 Å². The van der Waals surface area contributed by atoms with E-state index in [1.807, 2.05) is 6.20 Å². The number of nitrogens with zero attached hydrogens (tertiary/aromatic N) is 4. The third-order valence-corrected chi connectivity index (χ3v) is 13.0. The first-order valence-electron chi connectivity index (χ1n) is 20.6. The summed E-state index contributed by atoms with van der Waals surface area (Å²) in [5.74, 6) is 3.26. The minimum atomic E-state index is -0.0825. The van der Waals surface area contributed by atoms with E-state index in [1.165, 1.54) is 82.3 Å². The lowest BCUT2D eigenvalue weighted by molar-refractivity contribution is 0.421. The lowest BCUT2D eigenvalue weighted by Gasteiger charge is -2.40. The Morgan fingerprint density at radius 3 is 2.05 bits per heavy atom. The van der Waals surface area contributed by atoms with Gasteiger partial charge in [-0.2, -0.15) is 9.18 Å². The number of hydrogen-bond donors (Lipinski definition) is 0. The molecule has 5 nitrogen and oxygen atoms in total. The predicted molar refractivity (Wildman–Crippen MR) is 233 cm³/mol. The van der Waals surface area contributed by atoms with Crippen LogP contribution in [-0.2, 0) is 10.8 Å². The normalized spacial score (nSPS) is 20.8. The molecular formula is C51H53N4O+. The summed E-state index contributed by atoms with van der Waals surface area (Å²) in [7, 11) is 0. The van der Waals surface area contributed by atoms with Crippen molar-refractivity contribution in [1.82, 2.24) is 18.7 Å². The molecule has 4 heterocycles. The number of fused-ring (bicyclic) bond motifs is 7. The van der Waals surface area contributed by atoms with Gasteiger partial charge in [-0.1, -0.05) is 97.2 Å². The Morgan fingerprint density at radius 2 is 1.32 bits per heavy atom. The number of aromatic nitrogens is 2. The number of pyridine rings is 1. The molecule has 10 rings (SSSR count). The van der Waals surface area contributed by atoms with Crippen molar-refractivity contribution in [2.45, 2.75) is 97.3 Å². The summed E-state index contributed by atoms with van der Waals surface area (Å²) >= 11 is 0. The number of ether oxygens (including phenoxy) is 1. The molecule has 1 saturated carbocycles. The molecule has 0 amide bonds. The Labute approximate surface area is 332 Å². The minimum Gasteiger partial charge on any atom is -0.457 e. The average molecular weight is 738 g/mol. The van der Waals surface area contributed by atoms with Crippen molar-refractivity contribution in [1.29, 1.82) is 0 Å². The molecule has 0 N–H and O–H groups in total. The van der Waals surface area contributed by atoms with Crippen LogP contribution in [0.4, 0.5) is 22.7 Å². The number of rotatable bonds is 6. The molecule has 5 heteroatoms. The largest absolute Gasteiger partial charge is 0.457 e. The molecule has 0 spiro atoms. The lowest BCUT2D eigenvalue weighted by atomic mass is 9.82. The highest BCUT2D eigenvalue weighted by molar-refractivity contribution is 6.09. The molecule has 0 bridgehead atoms. The van der Waals surface area contributed by atoms with Crippen LogP contribution in [0, 0.1) is 13.6 Å². The first-order chi connectivity index (χ1) is 26.9. The van der Waals surface area contributed by atoms with E-state index in [0.29, 0.717) is 15.1 Å². The molecule has 2 atom stereocenters. The van der Waals surface area contributed by atoms with Crippen molar-refractivity contribution < 1.29 is 4.74 Å². The zero-order chi connectivity index (χ0) is 38.6. The molecule has 2 fully saturated rings. The zero-order valence-corrected chi connectivity index (χ0v) is 33.9. The second-order valence-corrected chi connectivity index (χ2v) is 18.6. The zero-order valence-electron chi connectivity index (χ0n) is 33.9. The maximum atomic E-state index is 6.97. The molecule has 2 aliphatic heterocycles. The van der Waals surface area contributed by atoms with Crippen LogP contribution in [-0.4, -0.2) is 9.55 Å². The fourth-order valence-corrected chi connectivity index (χ4v) is 9.87. The predicted octanol–water partition coefficient (Wildman–Crippen LogP) is 14.3. The van der Waals surface area contributed by atoms with Gasteiger partial charge >= 0.3 is 0 Å². The molecule has 1 unspecified atom stereocenters. The summed E-state index contributed by atoms with van der Waals surface area (Å²) in [5, 5.41) is 2.38. The summed E-state index contributed by atoms with van der Waals surface area (Å²) in [6, 6.07) is 42.7. The van der Waals surface area contributed by atoms with Gasteiger partial charge in [0.05, 0.1) is 11.0 Å². The summed E-state index contributed by atoms with van der Waals surface area (Å²) in [4.78, 5) is 4.91. The Balaban J connectivity index is 1.08. The third kappa shape index (κ3) is 5.24. The maximum Gasteiger partial charge on any atom is 0.225 e. The topological polar surface area (TPSA) is 27.1 Å². The van der Waals surface area contributed by atoms with Gasteiger partial charge in [0.25, 0.3) is 0 Å². The SMILES string of the molecule is Cc1cc([N@+]23[CH-][N+]2(c2cc(Oc4ccc5c6ccccc6n(-c6cc(C(C)(C)C)ccn6)c5c4)cc(C(C)(C)C)c2)c2ccccc23)ccc1C1CCCCC1. The highest BCUT2D eigenvalue weighted by Gasteiger charge is 2.78. The van der Waals surface area contributed by atoms with E-state index in [9.17, 15) is 0 Å². The smallest absolute Gasteiger partial charge is 0.225 e. The van der Waals surface area contributed by atoms with Gasteiger partial charge in [0.1, 0.15) is 17.3 Å². The quantitative estimate of drug-likeness (QED) is 0.0965. The van der Waals surface area contributed by atoms with E-state index in [0.717, 1.165) is 28.4 Å². The summed E-state index contributed by atoms with van der Waals surface area (Å²) in [5.41, 5.74) is 12.8. The summed E-state index contributed by atoms with van der Waals surface area (Å²) in [6.07, 6.45) is 8.64. The molecule has 1 aliphatic carbocycles. The van der Waals surface area contributed by atoms with Crippen LogP contribution in [0.5, 0.6) is 11.5 Å². The minimum absolute atomic E-state index is 0.00592. The van der Waals surface area contributed by atoms with Crippen LogP contribution >= 0.6 is 0 Å². The Hall–Kier alpha value is -5.23. The van der Waals surface area contributed by atoms with E-state index in [-0.39, 0.29) is 10.8 Å². The monoisotopic (exact) mass is 737 g/mol. The molecule has 56 heavy (non-hydrogen) atoms. The van der Waals surface area contributed by atoms with Gasteiger partial charge in [-0.05, 0) is 95.2 Å². The molecule has 3 aliphatic rings. The molecule has 1 saturated heterocycles. The molecule has 7 aromatic rings. The number of aryl methyl sites for hydroxylation is 1. The van der Waals surface area contributed by atoms with Gasteiger partial charge in [0.15, 0.2) is 18.0 Å². The highest BCUT2D eigenvalue weighted by Crippen LogP contribution is 2.75. The van der Waals surface area contributed by atoms with Crippen LogP contribution in [0.3, 0.4) is 0 Å². The average Bonchev–Trinajstić information content (AvgIpc) is 3.68. The van der Waals surface area contributed by atoms with Crippen LogP contribution < -0.4 is 13.9 Å². The fraction of sp³-hybridized carbons (Fsp3) is 0.294. The van der Waals surface area contributed by atoms with Crippen molar-refractivity contribution in [2.24, 2.45) is 0 Å². The van der Waals surface area contributed by atoms with E-state index in [1.54, 1.807) is 5.56 Å². The van der Waals surface area contributed by atoms with Gasteiger partial charge in [0.2, 0.25) is 11.4 Å². The number of benzene rings is 5. The van der Waals surface area contributed by atoms with Crippen molar-refractivity contribution in [2.75, 3.05) is 0 Å².